The third kappa shape index (κ3) is 2.37. The Bertz CT molecular complexity index is 189. The van der Waals surface area contributed by atoms with E-state index < -0.39 is 12.1 Å². The Hall–Kier alpha value is -0.770. The molecule has 4 nitrogen and oxygen atoms in total. The molecule has 1 aliphatic rings. The minimum absolute atomic E-state index is 0.278. The van der Waals surface area contributed by atoms with Crippen molar-refractivity contribution >= 4 is 23.7 Å². The number of rotatable bonds is 1. The fourth-order valence-corrected chi connectivity index (χ4v) is 1.14. The lowest BCUT2D eigenvalue weighted by molar-refractivity contribution is -0.135. The van der Waals surface area contributed by atoms with Crippen LogP contribution in [0.2, 0.25) is 0 Å². The second-order valence-corrected chi connectivity index (χ2v) is 2.84. The van der Waals surface area contributed by atoms with Gasteiger partial charge in [0.1, 0.15) is 5.88 Å². The first-order valence-corrected chi connectivity index (χ1v) is 4.33. The standard InChI is InChI=1S/C7H10ClNO3/c8-5-6(10)12-7(11)9-3-1-2-4-9/h1-5H2. The zero-order valence-electron chi connectivity index (χ0n) is 6.59. The first-order chi connectivity index (χ1) is 5.74. The van der Waals surface area contributed by atoms with E-state index in [0.717, 1.165) is 12.8 Å². The number of ether oxygens (including phenoxy) is 1. The van der Waals surface area contributed by atoms with Crippen molar-refractivity contribution in [3.05, 3.63) is 0 Å². The summed E-state index contributed by atoms with van der Waals surface area (Å²) >= 11 is 5.16. The van der Waals surface area contributed by atoms with Crippen LogP contribution in [0.1, 0.15) is 12.8 Å². The molecule has 0 aromatic rings. The van der Waals surface area contributed by atoms with Crippen molar-refractivity contribution in [1.82, 2.24) is 4.90 Å². The number of alkyl halides is 1. The van der Waals surface area contributed by atoms with Crippen LogP contribution in [0.25, 0.3) is 0 Å². The molecule has 0 atom stereocenters. The highest BCUT2D eigenvalue weighted by Gasteiger charge is 2.21. The van der Waals surface area contributed by atoms with Gasteiger partial charge in [-0.25, -0.2) is 4.79 Å². The Morgan fingerprint density at radius 1 is 1.33 bits per heavy atom. The van der Waals surface area contributed by atoms with Crippen LogP contribution in [0.3, 0.4) is 0 Å². The van der Waals surface area contributed by atoms with Crippen molar-refractivity contribution in [1.29, 1.82) is 0 Å². The molecule has 1 heterocycles. The molecule has 0 aromatic carbocycles. The van der Waals surface area contributed by atoms with Gasteiger partial charge in [-0.3, -0.25) is 4.79 Å². The van der Waals surface area contributed by atoms with Crippen LogP contribution in [-0.4, -0.2) is 35.9 Å². The molecule has 0 bridgehead atoms. The number of esters is 1. The van der Waals surface area contributed by atoms with Crippen LogP contribution in [0, 0.1) is 0 Å². The van der Waals surface area contributed by atoms with Crippen LogP contribution in [0.4, 0.5) is 4.79 Å². The summed E-state index contributed by atoms with van der Waals surface area (Å²) in [6.07, 6.45) is 1.38. The summed E-state index contributed by atoms with van der Waals surface area (Å²) in [4.78, 5) is 23.1. The number of nitrogens with zero attached hydrogens (tertiary/aromatic N) is 1. The van der Waals surface area contributed by atoms with Crippen molar-refractivity contribution in [3.63, 3.8) is 0 Å². The first-order valence-electron chi connectivity index (χ1n) is 3.79. The van der Waals surface area contributed by atoms with E-state index in [-0.39, 0.29) is 5.88 Å². The lowest BCUT2D eigenvalue weighted by Crippen LogP contribution is -2.30. The van der Waals surface area contributed by atoms with Crippen molar-refractivity contribution in [2.24, 2.45) is 0 Å². The van der Waals surface area contributed by atoms with Gasteiger partial charge in [0, 0.05) is 13.1 Å². The summed E-state index contributed by atoms with van der Waals surface area (Å²) in [6, 6.07) is 0. The second kappa shape index (κ2) is 4.30. The van der Waals surface area contributed by atoms with Crippen molar-refractivity contribution in [2.45, 2.75) is 12.8 Å². The predicted molar refractivity (Wildman–Crippen MR) is 43.0 cm³/mol. The monoisotopic (exact) mass is 191 g/mol. The molecule has 0 spiro atoms. The number of carbonyl (C=O) groups is 2. The largest absolute Gasteiger partial charge is 0.417 e. The number of hydrogen-bond donors (Lipinski definition) is 0. The molecule has 0 aromatic heterocycles. The van der Waals surface area contributed by atoms with Gasteiger partial charge < -0.3 is 9.64 Å². The Morgan fingerprint density at radius 2 is 1.92 bits per heavy atom. The summed E-state index contributed by atoms with van der Waals surface area (Å²) in [5.41, 5.74) is 0. The molecule has 12 heavy (non-hydrogen) atoms. The van der Waals surface area contributed by atoms with E-state index in [2.05, 4.69) is 4.74 Å². The van der Waals surface area contributed by atoms with E-state index in [4.69, 9.17) is 11.6 Å². The Labute approximate surface area is 75.4 Å². The van der Waals surface area contributed by atoms with Gasteiger partial charge in [-0.2, -0.15) is 0 Å². The van der Waals surface area contributed by atoms with Gasteiger partial charge in [-0.15, -0.1) is 11.6 Å². The summed E-state index contributed by atoms with van der Waals surface area (Å²) in [6.45, 7) is 1.35. The summed E-state index contributed by atoms with van der Waals surface area (Å²) in [5, 5.41) is 0. The van der Waals surface area contributed by atoms with Gasteiger partial charge in [0.25, 0.3) is 0 Å². The highest BCUT2D eigenvalue weighted by molar-refractivity contribution is 6.26. The number of amides is 1. The highest BCUT2D eigenvalue weighted by Crippen LogP contribution is 2.08. The molecule has 0 aliphatic carbocycles. The molecule has 1 aliphatic heterocycles. The zero-order chi connectivity index (χ0) is 8.97. The van der Waals surface area contributed by atoms with Crippen molar-refractivity contribution in [3.8, 4) is 0 Å². The fraction of sp³-hybridized carbons (Fsp3) is 0.714. The molecular formula is C7H10ClNO3. The summed E-state index contributed by atoms with van der Waals surface area (Å²) in [7, 11) is 0. The number of likely N-dealkylation sites (tertiary alicyclic amines) is 1. The maximum Gasteiger partial charge on any atom is 0.417 e. The molecule has 1 saturated heterocycles. The van der Waals surface area contributed by atoms with E-state index in [1.807, 2.05) is 0 Å². The van der Waals surface area contributed by atoms with Crippen LogP contribution < -0.4 is 0 Å². The van der Waals surface area contributed by atoms with Gasteiger partial charge in [0.2, 0.25) is 0 Å². The van der Waals surface area contributed by atoms with Crippen molar-refractivity contribution < 1.29 is 14.3 Å². The number of carbonyl (C=O) groups excluding carboxylic acids is 2. The normalized spacial score (nSPS) is 16.2. The van der Waals surface area contributed by atoms with Gasteiger partial charge >= 0.3 is 12.1 Å². The topological polar surface area (TPSA) is 46.6 Å². The molecular weight excluding hydrogens is 182 g/mol. The fourth-order valence-electron chi connectivity index (χ4n) is 1.09. The van der Waals surface area contributed by atoms with Crippen molar-refractivity contribution in [2.75, 3.05) is 19.0 Å². The molecule has 0 radical (unpaired) electrons. The molecule has 1 rings (SSSR count). The first kappa shape index (κ1) is 9.32. The lowest BCUT2D eigenvalue weighted by Gasteiger charge is -2.12. The molecule has 1 fully saturated rings. The average Bonchev–Trinajstić information content (AvgIpc) is 2.56. The van der Waals surface area contributed by atoms with E-state index >= 15 is 0 Å². The highest BCUT2D eigenvalue weighted by atomic mass is 35.5. The van der Waals surface area contributed by atoms with E-state index in [0.29, 0.717) is 13.1 Å². The Morgan fingerprint density at radius 3 is 2.42 bits per heavy atom. The number of halogens is 1. The van der Waals surface area contributed by atoms with E-state index in [1.165, 1.54) is 4.90 Å². The summed E-state index contributed by atoms with van der Waals surface area (Å²) < 4.78 is 4.40. The third-order valence-electron chi connectivity index (χ3n) is 1.67. The second-order valence-electron chi connectivity index (χ2n) is 2.57. The minimum atomic E-state index is -0.687. The Kier molecular flexibility index (Phi) is 3.34. The van der Waals surface area contributed by atoms with Gasteiger partial charge in [-0.05, 0) is 12.8 Å². The van der Waals surface area contributed by atoms with E-state index in [9.17, 15) is 9.59 Å². The zero-order valence-corrected chi connectivity index (χ0v) is 7.34. The van der Waals surface area contributed by atoms with Crippen LogP contribution in [0.5, 0.6) is 0 Å². The SMILES string of the molecule is O=C(CCl)OC(=O)N1CCCC1. The van der Waals surface area contributed by atoms with E-state index in [1.54, 1.807) is 0 Å². The van der Waals surface area contributed by atoms with Gasteiger partial charge in [0.05, 0.1) is 0 Å². The van der Waals surface area contributed by atoms with Gasteiger partial charge in [-0.1, -0.05) is 0 Å². The minimum Gasteiger partial charge on any atom is -0.375 e. The molecule has 0 saturated carbocycles. The smallest absolute Gasteiger partial charge is 0.375 e. The molecule has 68 valence electrons. The summed E-state index contributed by atoms with van der Waals surface area (Å²) in [5.74, 6) is -0.965. The predicted octanol–water partition coefficient (Wildman–Crippen LogP) is 0.984. The third-order valence-corrected chi connectivity index (χ3v) is 1.89. The molecule has 1 amide bonds. The maximum absolute atomic E-state index is 11.0. The lowest BCUT2D eigenvalue weighted by atomic mass is 10.4. The number of hydrogen-bond acceptors (Lipinski definition) is 3. The van der Waals surface area contributed by atoms with Gasteiger partial charge in [0.15, 0.2) is 0 Å². The Balaban J connectivity index is 2.32. The average molecular weight is 192 g/mol. The maximum atomic E-state index is 11.0. The molecule has 0 N–H and O–H groups in total. The quantitative estimate of drug-likeness (QED) is 0.353. The molecule has 0 unspecified atom stereocenters. The van der Waals surface area contributed by atoms with Crippen LogP contribution in [0.15, 0.2) is 0 Å². The van der Waals surface area contributed by atoms with Crippen LogP contribution in [-0.2, 0) is 9.53 Å². The molecule has 5 heteroatoms. The van der Waals surface area contributed by atoms with Crippen LogP contribution >= 0.6 is 11.6 Å².